The predicted octanol–water partition coefficient (Wildman–Crippen LogP) is 4.88. The molecule has 0 aromatic heterocycles. The van der Waals surface area contributed by atoms with Crippen LogP contribution in [0.2, 0.25) is 0 Å². The molecule has 1 spiro atoms. The number of ether oxygens (including phenoxy) is 1. The molecule has 1 heterocycles. The van der Waals surface area contributed by atoms with Crippen molar-refractivity contribution < 1.29 is 9.53 Å². The van der Waals surface area contributed by atoms with Crippen LogP contribution >= 0.6 is 31.9 Å². The van der Waals surface area contributed by atoms with Gasteiger partial charge in [0.2, 0.25) is 0 Å². The van der Waals surface area contributed by atoms with Crippen molar-refractivity contribution in [2.24, 2.45) is 0 Å². The van der Waals surface area contributed by atoms with Crippen LogP contribution in [0.3, 0.4) is 0 Å². The average molecular weight is 374 g/mol. The fraction of sp³-hybridized carbons (Fsp3) is 0.500. The van der Waals surface area contributed by atoms with E-state index in [-0.39, 0.29) is 11.4 Å². The number of Topliss-reactive ketones (excluding diaryl/α,β-unsaturated/α-hetero) is 1. The van der Waals surface area contributed by atoms with Crippen LogP contribution < -0.4 is 4.74 Å². The normalized spacial score (nSPS) is 21.6. The summed E-state index contributed by atoms with van der Waals surface area (Å²) >= 11 is 6.92. The van der Waals surface area contributed by atoms with E-state index in [0.29, 0.717) is 12.0 Å². The lowest BCUT2D eigenvalue weighted by Crippen LogP contribution is -2.43. The zero-order chi connectivity index (χ0) is 12.8. The molecular weight excluding hydrogens is 360 g/mol. The highest BCUT2D eigenvalue weighted by molar-refractivity contribution is 9.11. The number of fused-ring (bicyclic) bond motifs is 1. The SMILES string of the molecule is O=C1CC2(CCCCC2)Oc2c(Br)cc(Br)cc21. The van der Waals surface area contributed by atoms with Crippen LogP contribution in [0.1, 0.15) is 48.9 Å². The molecule has 0 amide bonds. The molecule has 0 N–H and O–H groups in total. The molecule has 1 aliphatic carbocycles. The first-order valence-corrected chi connectivity index (χ1v) is 7.90. The zero-order valence-corrected chi connectivity index (χ0v) is 13.1. The van der Waals surface area contributed by atoms with Crippen molar-refractivity contribution in [3.8, 4) is 5.75 Å². The summed E-state index contributed by atoms with van der Waals surface area (Å²) in [5.74, 6) is 0.941. The Bertz CT molecular complexity index is 505. The Morgan fingerprint density at radius 1 is 1.11 bits per heavy atom. The van der Waals surface area contributed by atoms with Gasteiger partial charge in [-0.2, -0.15) is 0 Å². The second-order valence-electron chi connectivity index (χ2n) is 5.21. The summed E-state index contributed by atoms with van der Waals surface area (Å²) in [7, 11) is 0. The van der Waals surface area contributed by atoms with Gasteiger partial charge in [-0.1, -0.05) is 22.4 Å². The highest BCUT2D eigenvalue weighted by atomic mass is 79.9. The Kier molecular flexibility index (Phi) is 3.27. The number of ketones is 1. The summed E-state index contributed by atoms with van der Waals surface area (Å²) in [4.78, 5) is 12.3. The number of hydrogen-bond acceptors (Lipinski definition) is 2. The van der Waals surface area contributed by atoms with Crippen LogP contribution in [0, 0.1) is 0 Å². The first-order chi connectivity index (χ1) is 8.60. The van der Waals surface area contributed by atoms with E-state index in [0.717, 1.165) is 40.4 Å². The summed E-state index contributed by atoms with van der Waals surface area (Å²) in [5.41, 5.74) is 0.464. The molecule has 0 saturated heterocycles. The zero-order valence-electron chi connectivity index (χ0n) is 9.97. The highest BCUT2D eigenvalue weighted by Crippen LogP contribution is 2.45. The lowest BCUT2D eigenvalue weighted by molar-refractivity contribution is 0.0129. The van der Waals surface area contributed by atoms with Gasteiger partial charge in [-0.3, -0.25) is 4.79 Å². The topological polar surface area (TPSA) is 26.3 Å². The molecule has 1 aromatic rings. The van der Waals surface area contributed by atoms with E-state index in [9.17, 15) is 4.79 Å². The largest absolute Gasteiger partial charge is 0.485 e. The van der Waals surface area contributed by atoms with Gasteiger partial charge in [0, 0.05) is 4.47 Å². The molecule has 0 atom stereocenters. The minimum Gasteiger partial charge on any atom is -0.485 e. The molecule has 1 saturated carbocycles. The van der Waals surface area contributed by atoms with E-state index in [1.807, 2.05) is 12.1 Å². The maximum atomic E-state index is 12.3. The van der Waals surface area contributed by atoms with Gasteiger partial charge in [-0.25, -0.2) is 0 Å². The first kappa shape index (κ1) is 12.7. The number of carbonyl (C=O) groups is 1. The van der Waals surface area contributed by atoms with Gasteiger partial charge in [0.05, 0.1) is 16.5 Å². The third-order valence-electron chi connectivity index (χ3n) is 3.87. The summed E-state index contributed by atoms with van der Waals surface area (Å²) in [6.07, 6.45) is 6.12. The molecule has 1 fully saturated rings. The number of carbonyl (C=O) groups excluding carboxylic acids is 1. The van der Waals surface area contributed by atoms with Gasteiger partial charge >= 0.3 is 0 Å². The Hall–Kier alpha value is -0.350. The van der Waals surface area contributed by atoms with Crippen molar-refractivity contribution in [3.05, 3.63) is 26.6 Å². The number of hydrogen-bond donors (Lipinski definition) is 0. The Morgan fingerprint density at radius 3 is 2.56 bits per heavy atom. The second-order valence-corrected chi connectivity index (χ2v) is 6.98. The summed E-state index contributed by atoms with van der Waals surface area (Å²) < 4.78 is 8.00. The van der Waals surface area contributed by atoms with E-state index in [4.69, 9.17) is 4.74 Å². The van der Waals surface area contributed by atoms with Crippen LogP contribution in [0.4, 0.5) is 0 Å². The van der Waals surface area contributed by atoms with Crippen molar-refractivity contribution in [1.29, 1.82) is 0 Å². The summed E-state index contributed by atoms with van der Waals surface area (Å²) in [6.45, 7) is 0. The molecular formula is C14H14Br2O2. The van der Waals surface area contributed by atoms with Crippen LogP contribution in [0.15, 0.2) is 21.1 Å². The lowest BCUT2D eigenvalue weighted by Gasteiger charge is -2.41. The molecule has 2 aliphatic rings. The molecule has 0 unspecified atom stereocenters. The van der Waals surface area contributed by atoms with Crippen molar-refractivity contribution in [1.82, 2.24) is 0 Å². The molecule has 1 aromatic carbocycles. The average Bonchev–Trinajstić information content (AvgIpc) is 2.32. The molecule has 0 radical (unpaired) electrons. The third-order valence-corrected chi connectivity index (χ3v) is 4.92. The minimum atomic E-state index is -0.237. The Balaban J connectivity index is 2.04. The predicted molar refractivity (Wildman–Crippen MR) is 77.2 cm³/mol. The minimum absolute atomic E-state index is 0.208. The molecule has 3 rings (SSSR count). The van der Waals surface area contributed by atoms with Crippen molar-refractivity contribution >= 4 is 37.6 Å². The van der Waals surface area contributed by atoms with E-state index in [1.165, 1.54) is 6.42 Å². The maximum Gasteiger partial charge on any atom is 0.170 e. The highest BCUT2D eigenvalue weighted by Gasteiger charge is 2.42. The smallest absolute Gasteiger partial charge is 0.170 e. The third kappa shape index (κ3) is 2.14. The molecule has 0 bridgehead atoms. The molecule has 4 heteroatoms. The monoisotopic (exact) mass is 372 g/mol. The van der Waals surface area contributed by atoms with Gasteiger partial charge in [-0.05, 0) is 53.7 Å². The standard InChI is InChI=1S/C14H14Br2O2/c15-9-6-10-12(17)8-14(4-2-1-3-5-14)18-13(10)11(16)7-9/h6-7H,1-5,8H2. The van der Waals surface area contributed by atoms with E-state index < -0.39 is 0 Å². The number of benzene rings is 1. The van der Waals surface area contributed by atoms with Crippen molar-refractivity contribution in [2.45, 2.75) is 44.1 Å². The fourth-order valence-electron chi connectivity index (χ4n) is 2.99. The van der Waals surface area contributed by atoms with Crippen LogP contribution in [-0.4, -0.2) is 11.4 Å². The lowest BCUT2D eigenvalue weighted by atomic mass is 9.78. The molecule has 2 nitrogen and oxygen atoms in total. The molecule has 1 aliphatic heterocycles. The Labute approximate surface area is 123 Å². The fourth-order valence-corrected chi connectivity index (χ4v) is 4.29. The van der Waals surface area contributed by atoms with Crippen LogP contribution in [0.25, 0.3) is 0 Å². The Morgan fingerprint density at radius 2 is 1.83 bits per heavy atom. The van der Waals surface area contributed by atoms with Gasteiger partial charge in [-0.15, -0.1) is 0 Å². The van der Waals surface area contributed by atoms with Gasteiger partial charge < -0.3 is 4.74 Å². The van der Waals surface area contributed by atoms with E-state index in [1.54, 1.807) is 0 Å². The van der Waals surface area contributed by atoms with E-state index >= 15 is 0 Å². The van der Waals surface area contributed by atoms with Crippen molar-refractivity contribution in [2.75, 3.05) is 0 Å². The van der Waals surface area contributed by atoms with Crippen LogP contribution in [-0.2, 0) is 0 Å². The maximum absolute atomic E-state index is 12.3. The van der Waals surface area contributed by atoms with Crippen molar-refractivity contribution in [3.63, 3.8) is 0 Å². The first-order valence-electron chi connectivity index (χ1n) is 6.31. The van der Waals surface area contributed by atoms with Gasteiger partial charge in [0.15, 0.2) is 5.78 Å². The second kappa shape index (κ2) is 4.64. The molecule has 18 heavy (non-hydrogen) atoms. The number of rotatable bonds is 0. The molecule has 96 valence electrons. The quantitative estimate of drug-likeness (QED) is 0.647. The van der Waals surface area contributed by atoms with E-state index in [2.05, 4.69) is 31.9 Å². The summed E-state index contributed by atoms with van der Waals surface area (Å²) in [6, 6.07) is 3.80. The summed E-state index contributed by atoms with van der Waals surface area (Å²) in [5, 5.41) is 0. The van der Waals surface area contributed by atoms with Gasteiger partial charge in [0.25, 0.3) is 0 Å². The number of halogens is 2. The van der Waals surface area contributed by atoms with Gasteiger partial charge in [0.1, 0.15) is 11.4 Å². The van der Waals surface area contributed by atoms with Crippen LogP contribution in [0.5, 0.6) is 5.75 Å².